The number of aliphatic hydroxyl groups excluding tert-OH is 1. The average molecular weight is 273 g/mol. The van der Waals surface area contributed by atoms with Gasteiger partial charge in [-0.25, -0.2) is 9.78 Å². The molecule has 0 amide bonds. The van der Waals surface area contributed by atoms with E-state index in [-0.39, 0.29) is 6.61 Å². The molecule has 0 saturated heterocycles. The van der Waals surface area contributed by atoms with Crippen molar-refractivity contribution in [2.24, 2.45) is 0 Å². The van der Waals surface area contributed by atoms with Gasteiger partial charge in [-0.15, -0.1) is 0 Å². The predicted octanol–water partition coefficient (Wildman–Crippen LogP) is 2.20. The Morgan fingerprint density at radius 3 is 2.85 bits per heavy atom. The van der Waals surface area contributed by atoms with E-state index in [1.165, 1.54) is 19.4 Å². The second kappa shape index (κ2) is 6.68. The van der Waals surface area contributed by atoms with E-state index in [2.05, 4.69) is 9.72 Å². The second-order valence-corrected chi connectivity index (χ2v) is 4.06. The SMILES string of the molecule is COC(=O)c1ccnc(Oc2ccccc2CCO)c1. The number of ether oxygens (including phenoxy) is 2. The molecule has 0 atom stereocenters. The maximum atomic E-state index is 11.4. The predicted molar refractivity (Wildman–Crippen MR) is 72.9 cm³/mol. The maximum absolute atomic E-state index is 11.4. The molecule has 0 aliphatic rings. The van der Waals surface area contributed by atoms with Crippen molar-refractivity contribution in [3.05, 3.63) is 53.7 Å². The van der Waals surface area contributed by atoms with E-state index in [0.29, 0.717) is 23.6 Å². The Morgan fingerprint density at radius 1 is 1.30 bits per heavy atom. The highest BCUT2D eigenvalue weighted by Gasteiger charge is 2.09. The average Bonchev–Trinajstić information content (AvgIpc) is 2.49. The minimum Gasteiger partial charge on any atom is -0.465 e. The number of esters is 1. The van der Waals surface area contributed by atoms with Gasteiger partial charge in [-0.2, -0.15) is 0 Å². The number of pyridine rings is 1. The van der Waals surface area contributed by atoms with E-state index in [1.807, 2.05) is 18.2 Å². The van der Waals surface area contributed by atoms with Crippen LogP contribution in [0.4, 0.5) is 0 Å². The van der Waals surface area contributed by atoms with E-state index in [9.17, 15) is 4.79 Å². The topological polar surface area (TPSA) is 68.7 Å². The summed E-state index contributed by atoms with van der Waals surface area (Å²) >= 11 is 0. The Morgan fingerprint density at radius 2 is 2.10 bits per heavy atom. The lowest BCUT2D eigenvalue weighted by atomic mass is 10.1. The summed E-state index contributed by atoms with van der Waals surface area (Å²) in [5.74, 6) is 0.468. The van der Waals surface area contributed by atoms with Crippen LogP contribution < -0.4 is 4.74 Å². The fourth-order valence-corrected chi connectivity index (χ4v) is 1.75. The lowest BCUT2D eigenvalue weighted by Crippen LogP contribution is -2.02. The van der Waals surface area contributed by atoms with Gasteiger partial charge >= 0.3 is 5.97 Å². The van der Waals surface area contributed by atoms with Gasteiger partial charge in [0.2, 0.25) is 5.88 Å². The Kier molecular flexibility index (Phi) is 4.68. The third kappa shape index (κ3) is 3.33. The van der Waals surface area contributed by atoms with Crippen LogP contribution in [0.5, 0.6) is 11.6 Å². The fourth-order valence-electron chi connectivity index (χ4n) is 1.75. The van der Waals surface area contributed by atoms with E-state index < -0.39 is 5.97 Å². The largest absolute Gasteiger partial charge is 0.465 e. The van der Waals surface area contributed by atoms with Gasteiger partial charge in [0.1, 0.15) is 5.75 Å². The van der Waals surface area contributed by atoms with Gasteiger partial charge in [-0.1, -0.05) is 18.2 Å². The van der Waals surface area contributed by atoms with Crippen molar-refractivity contribution < 1.29 is 19.4 Å². The first-order chi connectivity index (χ1) is 9.74. The Balaban J connectivity index is 2.24. The molecule has 104 valence electrons. The number of rotatable bonds is 5. The summed E-state index contributed by atoms with van der Waals surface area (Å²) in [7, 11) is 1.32. The third-order valence-corrected chi connectivity index (χ3v) is 2.72. The van der Waals surface area contributed by atoms with Crippen molar-refractivity contribution >= 4 is 5.97 Å². The molecule has 0 aliphatic carbocycles. The van der Waals surface area contributed by atoms with Gasteiger partial charge in [0, 0.05) is 18.9 Å². The van der Waals surface area contributed by atoms with Gasteiger partial charge in [0.25, 0.3) is 0 Å². The van der Waals surface area contributed by atoms with Crippen LogP contribution in [0.15, 0.2) is 42.6 Å². The summed E-state index contributed by atoms with van der Waals surface area (Å²) in [4.78, 5) is 15.5. The zero-order chi connectivity index (χ0) is 14.4. The molecule has 1 heterocycles. The van der Waals surface area contributed by atoms with Crippen LogP contribution in [0.1, 0.15) is 15.9 Å². The van der Waals surface area contributed by atoms with Crippen molar-refractivity contribution in [1.82, 2.24) is 4.98 Å². The molecule has 0 aliphatic heterocycles. The zero-order valence-electron chi connectivity index (χ0n) is 11.1. The molecule has 0 spiro atoms. The summed E-state index contributed by atoms with van der Waals surface area (Å²) in [5.41, 5.74) is 1.25. The second-order valence-electron chi connectivity index (χ2n) is 4.06. The molecule has 0 fully saturated rings. The fraction of sp³-hybridized carbons (Fsp3) is 0.200. The molecule has 20 heavy (non-hydrogen) atoms. The zero-order valence-corrected chi connectivity index (χ0v) is 11.1. The highest BCUT2D eigenvalue weighted by molar-refractivity contribution is 5.89. The van der Waals surface area contributed by atoms with Gasteiger partial charge in [-0.3, -0.25) is 0 Å². The minimum absolute atomic E-state index is 0.0377. The summed E-state index contributed by atoms with van der Waals surface area (Å²) in [5, 5.41) is 9.03. The smallest absolute Gasteiger partial charge is 0.338 e. The number of hydrogen-bond donors (Lipinski definition) is 1. The normalized spacial score (nSPS) is 10.1. The molecule has 5 nitrogen and oxygen atoms in total. The number of hydrogen-bond acceptors (Lipinski definition) is 5. The van der Waals surface area contributed by atoms with E-state index in [0.717, 1.165) is 5.56 Å². The molecular weight excluding hydrogens is 258 g/mol. The van der Waals surface area contributed by atoms with Crippen molar-refractivity contribution in [1.29, 1.82) is 0 Å². The molecule has 0 unspecified atom stereocenters. The number of carbonyl (C=O) groups is 1. The van der Waals surface area contributed by atoms with Crippen molar-refractivity contribution in [3.63, 3.8) is 0 Å². The lowest BCUT2D eigenvalue weighted by Gasteiger charge is -2.10. The first kappa shape index (κ1) is 14.0. The molecule has 1 aromatic heterocycles. The van der Waals surface area contributed by atoms with Gasteiger partial charge < -0.3 is 14.6 Å². The molecular formula is C15H15NO4. The number of nitrogens with zero attached hydrogens (tertiary/aromatic N) is 1. The van der Waals surface area contributed by atoms with Crippen LogP contribution in [0.25, 0.3) is 0 Å². The minimum atomic E-state index is -0.444. The standard InChI is InChI=1S/C15H15NO4/c1-19-15(18)12-6-8-16-14(10-12)20-13-5-3-2-4-11(13)7-9-17/h2-6,8,10,17H,7,9H2,1H3. The first-order valence-electron chi connectivity index (χ1n) is 6.15. The van der Waals surface area contributed by atoms with E-state index in [4.69, 9.17) is 9.84 Å². The lowest BCUT2D eigenvalue weighted by molar-refractivity contribution is 0.0600. The van der Waals surface area contributed by atoms with Crippen molar-refractivity contribution in [2.45, 2.75) is 6.42 Å². The molecule has 5 heteroatoms. The molecule has 2 aromatic rings. The van der Waals surface area contributed by atoms with Crippen LogP contribution in [-0.4, -0.2) is 29.8 Å². The van der Waals surface area contributed by atoms with Gasteiger partial charge in [-0.05, 0) is 24.1 Å². The van der Waals surface area contributed by atoms with Crippen LogP contribution in [0.2, 0.25) is 0 Å². The van der Waals surface area contributed by atoms with Crippen molar-refractivity contribution in [3.8, 4) is 11.6 Å². The van der Waals surface area contributed by atoms with Crippen LogP contribution in [0, 0.1) is 0 Å². The molecule has 1 N–H and O–H groups in total. The molecule has 1 aromatic carbocycles. The Hall–Kier alpha value is -2.40. The summed E-state index contributed by atoms with van der Waals surface area (Å²) in [6.45, 7) is 0.0377. The summed E-state index contributed by atoms with van der Waals surface area (Å²) in [6.07, 6.45) is 1.98. The van der Waals surface area contributed by atoms with E-state index >= 15 is 0 Å². The van der Waals surface area contributed by atoms with Crippen molar-refractivity contribution in [2.75, 3.05) is 13.7 Å². The van der Waals surface area contributed by atoms with Gasteiger partial charge in [0.05, 0.1) is 12.7 Å². The Labute approximate surface area is 116 Å². The van der Waals surface area contributed by atoms with Gasteiger partial charge in [0.15, 0.2) is 0 Å². The molecule has 0 radical (unpaired) electrons. The number of methoxy groups -OCH3 is 1. The summed E-state index contributed by atoms with van der Waals surface area (Å²) < 4.78 is 10.3. The molecule has 0 bridgehead atoms. The molecule has 2 rings (SSSR count). The maximum Gasteiger partial charge on any atom is 0.338 e. The quantitative estimate of drug-likeness (QED) is 0.846. The number of carbonyl (C=O) groups excluding carboxylic acids is 1. The molecule has 0 saturated carbocycles. The third-order valence-electron chi connectivity index (χ3n) is 2.72. The van der Waals surface area contributed by atoms with Crippen LogP contribution in [-0.2, 0) is 11.2 Å². The Bertz CT molecular complexity index is 598. The monoisotopic (exact) mass is 273 g/mol. The highest BCUT2D eigenvalue weighted by atomic mass is 16.5. The number of aromatic nitrogens is 1. The highest BCUT2D eigenvalue weighted by Crippen LogP contribution is 2.24. The number of aliphatic hydroxyl groups is 1. The van der Waals surface area contributed by atoms with Crippen LogP contribution in [0.3, 0.4) is 0 Å². The number of benzene rings is 1. The number of para-hydroxylation sites is 1. The first-order valence-corrected chi connectivity index (χ1v) is 6.15. The van der Waals surface area contributed by atoms with E-state index in [1.54, 1.807) is 12.1 Å². The summed E-state index contributed by atoms with van der Waals surface area (Å²) in [6, 6.07) is 10.4. The van der Waals surface area contributed by atoms with Crippen LogP contribution >= 0.6 is 0 Å².